The summed E-state index contributed by atoms with van der Waals surface area (Å²) in [7, 11) is 1.73. The smallest absolute Gasteiger partial charge is 0.122 e. The van der Waals surface area contributed by atoms with E-state index in [1.807, 2.05) is 0 Å². The molecule has 0 aromatic heterocycles. The first-order valence-electron chi connectivity index (χ1n) is 6.95. The molecule has 0 saturated carbocycles. The lowest BCUT2D eigenvalue weighted by atomic mass is 9.99. The number of benzene rings is 1. The van der Waals surface area contributed by atoms with Crippen molar-refractivity contribution < 1.29 is 4.74 Å². The molecule has 0 amide bonds. The molecule has 1 unspecified atom stereocenters. The number of hydrogen-bond donors (Lipinski definition) is 2. The van der Waals surface area contributed by atoms with E-state index in [2.05, 4.69) is 35.8 Å². The lowest BCUT2D eigenvalue weighted by Gasteiger charge is -2.23. The Hall–Kier alpha value is -1.22. The molecule has 1 saturated heterocycles. The zero-order valence-electron chi connectivity index (χ0n) is 11.5. The highest BCUT2D eigenvalue weighted by Gasteiger charge is 2.12. The number of piperidine rings is 1. The van der Waals surface area contributed by atoms with Gasteiger partial charge < -0.3 is 15.4 Å². The third kappa shape index (κ3) is 3.39. The molecule has 0 bridgehead atoms. The van der Waals surface area contributed by atoms with Crippen LogP contribution in [-0.4, -0.2) is 26.7 Å². The Morgan fingerprint density at radius 3 is 3.00 bits per heavy atom. The minimum atomic E-state index is 0.755. The van der Waals surface area contributed by atoms with E-state index in [0.29, 0.717) is 0 Å². The predicted octanol–water partition coefficient (Wildman–Crippen LogP) is 2.67. The van der Waals surface area contributed by atoms with Gasteiger partial charge in [0.15, 0.2) is 0 Å². The van der Waals surface area contributed by atoms with Crippen LogP contribution in [0, 0.1) is 5.92 Å². The van der Waals surface area contributed by atoms with E-state index in [9.17, 15) is 0 Å². The van der Waals surface area contributed by atoms with E-state index in [1.54, 1.807) is 7.11 Å². The molecular weight excluding hydrogens is 224 g/mol. The van der Waals surface area contributed by atoms with E-state index in [1.165, 1.54) is 30.6 Å². The van der Waals surface area contributed by atoms with E-state index in [4.69, 9.17) is 4.74 Å². The van der Waals surface area contributed by atoms with Crippen molar-refractivity contribution in [1.29, 1.82) is 0 Å². The van der Waals surface area contributed by atoms with E-state index in [0.717, 1.165) is 31.2 Å². The van der Waals surface area contributed by atoms with Crippen molar-refractivity contribution >= 4 is 5.69 Å². The fourth-order valence-electron chi connectivity index (χ4n) is 2.53. The third-order valence-corrected chi connectivity index (χ3v) is 3.66. The minimum absolute atomic E-state index is 0.755. The number of methoxy groups -OCH3 is 1. The Morgan fingerprint density at radius 2 is 2.33 bits per heavy atom. The first kappa shape index (κ1) is 13.2. The number of hydrogen-bond acceptors (Lipinski definition) is 3. The molecule has 1 aromatic carbocycles. The first-order valence-corrected chi connectivity index (χ1v) is 6.95. The highest BCUT2D eigenvalue weighted by atomic mass is 16.5. The highest BCUT2D eigenvalue weighted by Crippen LogP contribution is 2.23. The molecule has 3 nitrogen and oxygen atoms in total. The van der Waals surface area contributed by atoms with E-state index >= 15 is 0 Å². The van der Waals surface area contributed by atoms with Crippen LogP contribution in [0.5, 0.6) is 5.75 Å². The van der Waals surface area contributed by atoms with Gasteiger partial charge in [-0.2, -0.15) is 0 Å². The number of rotatable bonds is 5. The van der Waals surface area contributed by atoms with Crippen LogP contribution in [0.25, 0.3) is 0 Å². The van der Waals surface area contributed by atoms with Crippen LogP contribution >= 0.6 is 0 Å². The topological polar surface area (TPSA) is 33.3 Å². The van der Waals surface area contributed by atoms with Crippen molar-refractivity contribution in [3.05, 3.63) is 23.8 Å². The van der Waals surface area contributed by atoms with Crippen molar-refractivity contribution in [3.63, 3.8) is 0 Å². The Balaban J connectivity index is 1.92. The fraction of sp³-hybridized carbons (Fsp3) is 0.600. The number of aryl methyl sites for hydroxylation is 1. The quantitative estimate of drug-likeness (QED) is 0.840. The fourth-order valence-corrected chi connectivity index (χ4v) is 2.53. The molecule has 1 fully saturated rings. The van der Waals surface area contributed by atoms with E-state index in [-0.39, 0.29) is 0 Å². The van der Waals surface area contributed by atoms with Gasteiger partial charge in [-0.25, -0.2) is 0 Å². The molecule has 2 N–H and O–H groups in total. The largest absolute Gasteiger partial charge is 0.496 e. The van der Waals surface area contributed by atoms with Crippen molar-refractivity contribution in [2.75, 3.05) is 32.1 Å². The van der Waals surface area contributed by atoms with Gasteiger partial charge in [0, 0.05) is 12.2 Å². The Kier molecular flexibility index (Phi) is 4.88. The number of anilines is 1. The van der Waals surface area contributed by atoms with Crippen molar-refractivity contribution in [2.45, 2.75) is 26.2 Å². The SMILES string of the molecule is CCc1cc(NCC2CCCNC2)ccc1OC. The Morgan fingerprint density at radius 1 is 1.44 bits per heavy atom. The van der Waals surface area contributed by atoms with Gasteiger partial charge in [0.2, 0.25) is 0 Å². The molecule has 18 heavy (non-hydrogen) atoms. The molecule has 0 radical (unpaired) electrons. The molecule has 1 aromatic rings. The summed E-state index contributed by atoms with van der Waals surface area (Å²) in [6.45, 7) is 5.54. The normalized spacial score (nSPS) is 19.6. The summed E-state index contributed by atoms with van der Waals surface area (Å²) in [5.41, 5.74) is 2.47. The van der Waals surface area contributed by atoms with Crippen LogP contribution < -0.4 is 15.4 Å². The van der Waals surface area contributed by atoms with E-state index < -0.39 is 0 Å². The van der Waals surface area contributed by atoms with Gasteiger partial charge in [-0.05, 0) is 62.0 Å². The third-order valence-electron chi connectivity index (χ3n) is 3.66. The lowest BCUT2D eigenvalue weighted by molar-refractivity contribution is 0.393. The zero-order valence-corrected chi connectivity index (χ0v) is 11.5. The minimum Gasteiger partial charge on any atom is -0.496 e. The molecule has 0 spiro atoms. The van der Waals surface area contributed by atoms with Gasteiger partial charge >= 0.3 is 0 Å². The van der Waals surface area contributed by atoms with Crippen LogP contribution in [0.2, 0.25) is 0 Å². The van der Waals surface area contributed by atoms with Crippen molar-refractivity contribution in [1.82, 2.24) is 5.32 Å². The summed E-state index contributed by atoms with van der Waals surface area (Å²) < 4.78 is 5.35. The number of nitrogens with one attached hydrogen (secondary N) is 2. The summed E-state index contributed by atoms with van der Waals surface area (Å²) in [5, 5.41) is 7.00. The molecule has 3 heteroatoms. The first-order chi connectivity index (χ1) is 8.83. The molecule has 1 atom stereocenters. The monoisotopic (exact) mass is 248 g/mol. The molecular formula is C15H24N2O. The summed E-state index contributed by atoms with van der Waals surface area (Å²) in [6.07, 6.45) is 3.63. The van der Waals surface area contributed by atoms with Crippen LogP contribution in [0.1, 0.15) is 25.3 Å². The van der Waals surface area contributed by atoms with Crippen molar-refractivity contribution in [2.24, 2.45) is 5.92 Å². The molecule has 1 aliphatic rings. The summed E-state index contributed by atoms with van der Waals surface area (Å²) >= 11 is 0. The second-order valence-corrected chi connectivity index (χ2v) is 4.97. The van der Waals surface area contributed by atoms with Gasteiger partial charge in [-0.3, -0.25) is 0 Å². The van der Waals surface area contributed by atoms with Gasteiger partial charge in [0.1, 0.15) is 5.75 Å². The molecule has 1 heterocycles. The van der Waals surface area contributed by atoms with Gasteiger partial charge in [0.25, 0.3) is 0 Å². The maximum Gasteiger partial charge on any atom is 0.122 e. The van der Waals surface area contributed by atoms with Gasteiger partial charge in [-0.1, -0.05) is 6.92 Å². The second kappa shape index (κ2) is 6.64. The molecule has 2 rings (SSSR count). The Labute approximate surface area is 110 Å². The van der Waals surface area contributed by atoms with Crippen LogP contribution in [-0.2, 0) is 6.42 Å². The summed E-state index contributed by atoms with van der Waals surface area (Å²) in [5.74, 6) is 1.74. The molecule has 0 aliphatic carbocycles. The standard InChI is InChI=1S/C15H24N2O/c1-3-13-9-14(6-7-15(13)18-2)17-11-12-5-4-8-16-10-12/h6-7,9,12,16-17H,3-5,8,10-11H2,1-2H3. The van der Waals surface area contributed by atoms with Crippen LogP contribution in [0.15, 0.2) is 18.2 Å². The highest BCUT2D eigenvalue weighted by molar-refractivity contribution is 5.51. The van der Waals surface area contributed by atoms with Crippen LogP contribution in [0.4, 0.5) is 5.69 Å². The average Bonchev–Trinajstić information content (AvgIpc) is 2.45. The molecule has 100 valence electrons. The molecule has 1 aliphatic heterocycles. The Bertz CT molecular complexity index is 373. The van der Waals surface area contributed by atoms with Crippen molar-refractivity contribution in [3.8, 4) is 5.75 Å². The predicted molar refractivity (Wildman–Crippen MR) is 76.5 cm³/mol. The second-order valence-electron chi connectivity index (χ2n) is 4.97. The number of ether oxygens (including phenoxy) is 1. The van der Waals surface area contributed by atoms with Crippen LogP contribution in [0.3, 0.4) is 0 Å². The zero-order chi connectivity index (χ0) is 12.8. The average molecular weight is 248 g/mol. The summed E-state index contributed by atoms with van der Waals surface area (Å²) in [6, 6.07) is 6.36. The maximum absolute atomic E-state index is 5.35. The lowest BCUT2D eigenvalue weighted by Crippen LogP contribution is -2.33. The maximum atomic E-state index is 5.35. The van der Waals surface area contributed by atoms with Gasteiger partial charge in [0.05, 0.1) is 7.11 Å². The van der Waals surface area contributed by atoms with Gasteiger partial charge in [-0.15, -0.1) is 0 Å². The summed E-state index contributed by atoms with van der Waals surface area (Å²) in [4.78, 5) is 0.